The summed E-state index contributed by atoms with van der Waals surface area (Å²) in [4.78, 5) is 4.40. The minimum atomic E-state index is -4.33. The van der Waals surface area contributed by atoms with E-state index < -0.39 is 18.9 Å². The molecule has 1 atom stereocenters. The summed E-state index contributed by atoms with van der Waals surface area (Å²) in [6.07, 6.45) is -4.66. The van der Waals surface area contributed by atoms with Gasteiger partial charge in [-0.25, -0.2) is 0 Å². The van der Waals surface area contributed by atoms with E-state index in [1.54, 1.807) is 0 Å². The van der Waals surface area contributed by atoms with Crippen LogP contribution in [-0.2, 0) is 11.2 Å². The normalized spacial score (nSPS) is 13.5. The summed E-state index contributed by atoms with van der Waals surface area (Å²) in [6, 6.07) is 11.3. The Morgan fingerprint density at radius 1 is 1.14 bits per heavy atom. The summed E-state index contributed by atoms with van der Waals surface area (Å²) in [7, 11) is 0. The summed E-state index contributed by atoms with van der Waals surface area (Å²) in [5.41, 5.74) is 1.53. The van der Waals surface area contributed by atoms with Crippen molar-refractivity contribution in [2.45, 2.75) is 25.1 Å². The lowest BCUT2D eigenvalue weighted by atomic mass is 10.1. The molecule has 0 saturated carbocycles. The molecule has 0 aliphatic carbocycles. The van der Waals surface area contributed by atoms with Crippen molar-refractivity contribution in [3.63, 3.8) is 0 Å². The van der Waals surface area contributed by atoms with E-state index in [0.29, 0.717) is 12.1 Å². The number of aromatic nitrogens is 1. The quantitative estimate of drug-likeness (QED) is 0.833. The Bertz CT molecular complexity index is 586. The highest BCUT2D eigenvalue weighted by atomic mass is 19.4. The molecule has 0 spiro atoms. The van der Waals surface area contributed by atoms with Gasteiger partial charge in [0.25, 0.3) is 0 Å². The maximum atomic E-state index is 11.9. The molecule has 6 heteroatoms. The molecule has 3 nitrogen and oxygen atoms in total. The molecular weight excluding hydrogens is 283 g/mol. The molecule has 1 N–H and O–H groups in total. The van der Waals surface area contributed by atoms with Gasteiger partial charge in [-0.1, -0.05) is 24.3 Å². The third kappa shape index (κ3) is 5.32. The number of para-hydroxylation sites is 1. The highest BCUT2D eigenvalue weighted by molar-refractivity contribution is 5.78. The number of aliphatic hydroxyl groups is 1. The summed E-state index contributed by atoms with van der Waals surface area (Å²) >= 11 is 0. The molecule has 1 heterocycles. The Hall–Kier alpha value is -1.66. The number of pyridine rings is 1. The van der Waals surface area contributed by atoms with Gasteiger partial charge in [0.15, 0.2) is 0 Å². The zero-order chi connectivity index (χ0) is 15.3. The lowest BCUT2D eigenvalue weighted by Gasteiger charge is -2.12. The highest BCUT2D eigenvalue weighted by Gasteiger charge is 2.27. The Balaban J connectivity index is 1.82. The zero-order valence-electron chi connectivity index (χ0n) is 11.3. The van der Waals surface area contributed by atoms with Crippen LogP contribution in [-0.4, -0.2) is 35.6 Å². The number of nitrogens with zero attached hydrogens (tertiary/aromatic N) is 1. The fourth-order valence-electron chi connectivity index (χ4n) is 1.97. The number of hydrogen-bond acceptors (Lipinski definition) is 3. The van der Waals surface area contributed by atoms with E-state index in [1.807, 2.05) is 36.4 Å². The monoisotopic (exact) mass is 299 g/mol. The second-order valence-corrected chi connectivity index (χ2v) is 4.81. The van der Waals surface area contributed by atoms with E-state index in [2.05, 4.69) is 9.72 Å². The number of aliphatic hydroxyl groups excluding tert-OH is 1. The Morgan fingerprint density at radius 3 is 2.67 bits per heavy atom. The number of benzene rings is 1. The van der Waals surface area contributed by atoms with Crippen molar-refractivity contribution in [2.24, 2.45) is 0 Å². The molecule has 1 aromatic carbocycles. The minimum Gasteiger partial charge on any atom is -0.393 e. The van der Waals surface area contributed by atoms with Gasteiger partial charge in [0.2, 0.25) is 0 Å². The third-order valence-corrected chi connectivity index (χ3v) is 2.96. The maximum Gasteiger partial charge on any atom is 0.411 e. The molecule has 0 bridgehead atoms. The van der Waals surface area contributed by atoms with Crippen LogP contribution >= 0.6 is 0 Å². The van der Waals surface area contributed by atoms with Gasteiger partial charge < -0.3 is 9.84 Å². The first-order valence-corrected chi connectivity index (χ1v) is 6.61. The van der Waals surface area contributed by atoms with Crippen molar-refractivity contribution in [3.8, 4) is 0 Å². The predicted molar refractivity (Wildman–Crippen MR) is 72.9 cm³/mol. The minimum absolute atomic E-state index is 0.131. The molecule has 1 aromatic heterocycles. The Kier molecular flexibility index (Phi) is 5.14. The first-order chi connectivity index (χ1) is 9.94. The largest absolute Gasteiger partial charge is 0.411 e. The van der Waals surface area contributed by atoms with Crippen molar-refractivity contribution in [2.75, 3.05) is 13.2 Å². The number of alkyl halides is 3. The number of hydrogen-bond donors (Lipinski definition) is 1. The topological polar surface area (TPSA) is 42.4 Å². The Morgan fingerprint density at radius 2 is 1.90 bits per heavy atom. The van der Waals surface area contributed by atoms with Crippen LogP contribution in [0.5, 0.6) is 0 Å². The van der Waals surface area contributed by atoms with E-state index in [9.17, 15) is 18.3 Å². The lowest BCUT2D eigenvalue weighted by molar-refractivity contribution is -0.175. The average molecular weight is 299 g/mol. The maximum absolute atomic E-state index is 11.9. The van der Waals surface area contributed by atoms with Crippen LogP contribution in [0.2, 0.25) is 0 Å². The smallest absolute Gasteiger partial charge is 0.393 e. The Labute approximate surface area is 120 Å². The molecule has 1 unspecified atom stereocenters. The average Bonchev–Trinajstić information content (AvgIpc) is 2.42. The first kappa shape index (κ1) is 15.7. The highest BCUT2D eigenvalue weighted by Crippen LogP contribution is 2.15. The van der Waals surface area contributed by atoms with Crippen LogP contribution in [0.15, 0.2) is 36.4 Å². The van der Waals surface area contributed by atoms with Gasteiger partial charge in [0, 0.05) is 24.1 Å². The van der Waals surface area contributed by atoms with Gasteiger partial charge in [-0.3, -0.25) is 4.98 Å². The molecule has 2 aromatic rings. The lowest BCUT2D eigenvalue weighted by Crippen LogP contribution is -2.20. The number of fused-ring (bicyclic) bond motifs is 1. The predicted octanol–water partition coefficient (Wildman–Crippen LogP) is 3.11. The molecule has 0 amide bonds. The van der Waals surface area contributed by atoms with Crippen LogP contribution in [0.3, 0.4) is 0 Å². The van der Waals surface area contributed by atoms with Crippen molar-refractivity contribution in [1.82, 2.24) is 4.98 Å². The molecule has 2 rings (SSSR count). The fraction of sp³-hybridized carbons (Fsp3) is 0.400. The number of rotatable bonds is 6. The standard InChI is InChI=1S/C15H16F3NO2/c16-15(17,18)10-21-8-7-13(20)9-12-6-5-11-3-1-2-4-14(11)19-12/h1-6,13,20H,7-10H2. The van der Waals surface area contributed by atoms with E-state index in [1.165, 1.54) is 0 Å². The van der Waals surface area contributed by atoms with E-state index >= 15 is 0 Å². The van der Waals surface area contributed by atoms with Crippen molar-refractivity contribution >= 4 is 10.9 Å². The van der Waals surface area contributed by atoms with E-state index in [-0.39, 0.29) is 13.0 Å². The summed E-state index contributed by atoms with van der Waals surface area (Å²) in [5.74, 6) is 0. The molecule has 0 saturated heterocycles. The number of halogens is 3. The van der Waals surface area contributed by atoms with Gasteiger partial charge >= 0.3 is 6.18 Å². The second kappa shape index (κ2) is 6.87. The van der Waals surface area contributed by atoms with Crippen LogP contribution in [0.4, 0.5) is 13.2 Å². The van der Waals surface area contributed by atoms with Gasteiger partial charge in [0.05, 0.1) is 11.6 Å². The molecule has 0 radical (unpaired) electrons. The third-order valence-electron chi connectivity index (χ3n) is 2.96. The zero-order valence-corrected chi connectivity index (χ0v) is 11.3. The van der Waals surface area contributed by atoms with E-state index in [0.717, 1.165) is 10.9 Å². The van der Waals surface area contributed by atoms with Crippen molar-refractivity contribution in [1.29, 1.82) is 0 Å². The van der Waals surface area contributed by atoms with Gasteiger partial charge in [-0.2, -0.15) is 13.2 Å². The molecule has 0 fully saturated rings. The van der Waals surface area contributed by atoms with Crippen LogP contribution in [0.25, 0.3) is 10.9 Å². The summed E-state index contributed by atoms with van der Waals surface area (Å²) in [6.45, 7) is -1.41. The van der Waals surface area contributed by atoms with Crippen LogP contribution < -0.4 is 0 Å². The molecule has 114 valence electrons. The van der Waals surface area contributed by atoms with E-state index in [4.69, 9.17) is 0 Å². The molecule has 0 aliphatic heterocycles. The molecular formula is C15H16F3NO2. The van der Waals surface area contributed by atoms with Crippen molar-refractivity contribution < 1.29 is 23.0 Å². The van der Waals surface area contributed by atoms with Gasteiger partial charge in [-0.15, -0.1) is 0 Å². The van der Waals surface area contributed by atoms with Crippen LogP contribution in [0.1, 0.15) is 12.1 Å². The summed E-state index contributed by atoms with van der Waals surface area (Å²) in [5, 5.41) is 10.8. The SMILES string of the molecule is OC(CCOCC(F)(F)F)Cc1ccc2ccccc2n1. The van der Waals surface area contributed by atoms with Gasteiger partial charge in [-0.05, 0) is 18.6 Å². The van der Waals surface area contributed by atoms with Crippen LogP contribution in [0, 0.1) is 0 Å². The first-order valence-electron chi connectivity index (χ1n) is 6.61. The molecule has 21 heavy (non-hydrogen) atoms. The van der Waals surface area contributed by atoms with Crippen molar-refractivity contribution in [3.05, 3.63) is 42.1 Å². The fourth-order valence-corrected chi connectivity index (χ4v) is 1.97. The summed E-state index contributed by atoms with van der Waals surface area (Å²) < 4.78 is 40.1. The molecule has 0 aliphatic rings. The second-order valence-electron chi connectivity index (χ2n) is 4.81. The van der Waals surface area contributed by atoms with Gasteiger partial charge in [0.1, 0.15) is 6.61 Å². The number of ether oxygens (including phenoxy) is 1.